The minimum absolute atomic E-state index is 0.706. The van der Waals surface area contributed by atoms with E-state index in [0.29, 0.717) is 6.54 Å². The first-order valence-corrected chi connectivity index (χ1v) is 4.45. The van der Waals surface area contributed by atoms with Crippen molar-refractivity contribution in [2.45, 2.75) is 6.54 Å². The topological polar surface area (TPSA) is 25.2 Å². The molecule has 0 aromatic carbocycles. The van der Waals surface area contributed by atoms with E-state index in [2.05, 4.69) is 27.8 Å². The number of rotatable bonds is 4. The molecule has 0 bridgehead atoms. The number of halogens is 1. The fourth-order valence-corrected chi connectivity index (χ4v) is 0.871. The molecule has 3 heteroatoms. The summed E-state index contributed by atoms with van der Waals surface area (Å²) >= 11 is 3.29. The number of furan rings is 1. The van der Waals surface area contributed by atoms with E-state index in [1.807, 2.05) is 12.1 Å². The molecule has 2 nitrogen and oxygen atoms in total. The number of hydrogen-bond acceptors (Lipinski definition) is 2. The highest BCUT2D eigenvalue weighted by atomic mass is 79.9. The van der Waals surface area contributed by atoms with Gasteiger partial charge >= 0.3 is 0 Å². The first kappa shape index (κ1) is 8.40. The van der Waals surface area contributed by atoms with Gasteiger partial charge in [-0.25, -0.2) is 0 Å². The Bertz CT molecular complexity index is 218. The maximum Gasteiger partial charge on any atom is 0.122 e. The molecule has 0 atom stereocenters. The van der Waals surface area contributed by atoms with Crippen molar-refractivity contribution in [3.05, 3.63) is 36.4 Å². The molecular weight excluding hydrogens is 206 g/mol. The van der Waals surface area contributed by atoms with Crippen LogP contribution in [-0.2, 0) is 6.54 Å². The van der Waals surface area contributed by atoms with Crippen LogP contribution in [0.25, 0.3) is 0 Å². The standard InChI is InChI=1S/C8H10BrNO/c1-7(5-9)10-6-8-3-2-4-11-8/h2-4,10H,1,5-6H2. The molecule has 0 spiro atoms. The smallest absolute Gasteiger partial charge is 0.122 e. The Morgan fingerprint density at radius 3 is 3.09 bits per heavy atom. The van der Waals surface area contributed by atoms with Gasteiger partial charge in [0.15, 0.2) is 0 Å². The third kappa shape index (κ3) is 2.80. The van der Waals surface area contributed by atoms with Gasteiger partial charge < -0.3 is 9.73 Å². The predicted octanol–water partition coefficient (Wildman–Crippen LogP) is 2.28. The lowest BCUT2D eigenvalue weighted by atomic mass is 10.4. The molecule has 1 aromatic heterocycles. The maximum absolute atomic E-state index is 5.11. The lowest BCUT2D eigenvalue weighted by Gasteiger charge is -2.02. The lowest BCUT2D eigenvalue weighted by Crippen LogP contribution is -2.11. The second-order valence-corrected chi connectivity index (χ2v) is 2.73. The Morgan fingerprint density at radius 2 is 2.55 bits per heavy atom. The average molecular weight is 216 g/mol. The number of alkyl halides is 1. The zero-order valence-corrected chi connectivity index (χ0v) is 7.73. The molecule has 0 saturated heterocycles. The quantitative estimate of drug-likeness (QED) is 0.781. The van der Waals surface area contributed by atoms with Crippen molar-refractivity contribution in [3.8, 4) is 0 Å². The molecule has 1 heterocycles. The summed E-state index contributed by atoms with van der Waals surface area (Å²) in [7, 11) is 0. The van der Waals surface area contributed by atoms with Gasteiger partial charge in [-0.1, -0.05) is 22.5 Å². The van der Waals surface area contributed by atoms with Crippen molar-refractivity contribution in [2.75, 3.05) is 5.33 Å². The lowest BCUT2D eigenvalue weighted by molar-refractivity contribution is 0.496. The van der Waals surface area contributed by atoms with E-state index in [0.717, 1.165) is 16.8 Å². The number of nitrogens with one attached hydrogen (secondary N) is 1. The van der Waals surface area contributed by atoms with Crippen molar-refractivity contribution in [1.82, 2.24) is 5.32 Å². The molecule has 0 aliphatic rings. The average Bonchev–Trinajstić information content (AvgIpc) is 2.52. The van der Waals surface area contributed by atoms with Crippen LogP contribution >= 0.6 is 15.9 Å². The molecule has 60 valence electrons. The number of allylic oxidation sites excluding steroid dienone is 1. The molecule has 1 N–H and O–H groups in total. The molecule has 1 aromatic rings. The normalized spacial score (nSPS) is 9.55. The fraction of sp³-hybridized carbons (Fsp3) is 0.250. The van der Waals surface area contributed by atoms with Crippen molar-refractivity contribution in [1.29, 1.82) is 0 Å². The van der Waals surface area contributed by atoms with Gasteiger partial charge in [-0.15, -0.1) is 0 Å². The Kier molecular flexibility index (Phi) is 3.23. The summed E-state index contributed by atoms with van der Waals surface area (Å²) < 4.78 is 5.11. The van der Waals surface area contributed by atoms with Gasteiger partial charge in [-0.2, -0.15) is 0 Å². The van der Waals surface area contributed by atoms with Gasteiger partial charge in [-0.05, 0) is 12.1 Å². The highest BCUT2D eigenvalue weighted by Gasteiger charge is 1.94. The first-order chi connectivity index (χ1) is 5.33. The SMILES string of the molecule is C=C(CBr)NCc1ccco1. The van der Waals surface area contributed by atoms with Crippen LogP contribution in [0, 0.1) is 0 Å². The van der Waals surface area contributed by atoms with Crippen molar-refractivity contribution in [2.24, 2.45) is 0 Å². The zero-order valence-electron chi connectivity index (χ0n) is 6.14. The number of hydrogen-bond donors (Lipinski definition) is 1. The molecule has 1 rings (SSSR count). The monoisotopic (exact) mass is 215 g/mol. The third-order valence-corrected chi connectivity index (χ3v) is 1.93. The molecule has 0 unspecified atom stereocenters. The van der Waals surface area contributed by atoms with Crippen LogP contribution in [0.5, 0.6) is 0 Å². The van der Waals surface area contributed by atoms with E-state index in [1.165, 1.54) is 0 Å². The molecule has 11 heavy (non-hydrogen) atoms. The molecule has 0 fully saturated rings. The second kappa shape index (κ2) is 4.23. The van der Waals surface area contributed by atoms with Crippen molar-refractivity contribution < 1.29 is 4.42 Å². The largest absolute Gasteiger partial charge is 0.467 e. The zero-order chi connectivity index (χ0) is 8.10. The highest BCUT2D eigenvalue weighted by Crippen LogP contribution is 2.00. The molecule has 0 radical (unpaired) electrons. The van der Waals surface area contributed by atoms with E-state index in [1.54, 1.807) is 6.26 Å². The Hall–Kier alpha value is -0.700. The fourth-order valence-electron chi connectivity index (χ4n) is 0.673. The first-order valence-electron chi connectivity index (χ1n) is 3.33. The van der Waals surface area contributed by atoms with Gasteiger partial charge in [0, 0.05) is 11.0 Å². The van der Waals surface area contributed by atoms with E-state index in [9.17, 15) is 0 Å². The Labute approximate surface area is 74.4 Å². The van der Waals surface area contributed by atoms with Crippen LogP contribution < -0.4 is 5.32 Å². The van der Waals surface area contributed by atoms with Crippen molar-refractivity contribution in [3.63, 3.8) is 0 Å². The molecule has 0 saturated carbocycles. The van der Waals surface area contributed by atoms with Gasteiger partial charge in [-0.3, -0.25) is 0 Å². The van der Waals surface area contributed by atoms with Crippen molar-refractivity contribution >= 4 is 15.9 Å². The predicted molar refractivity (Wildman–Crippen MR) is 48.5 cm³/mol. The Balaban J connectivity index is 2.29. The van der Waals surface area contributed by atoms with E-state index in [-0.39, 0.29) is 0 Å². The summed E-state index contributed by atoms with van der Waals surface area (Å²) in [6, 6.07) is 3.79. The maximum atomic E-state index is 5.11. The van der Waals surface area contributed by atoms with Crippen LogP contribution in [0.15, 0.2) is 35.1 Å². The molecule has 0 amide bonds. The summed E-state index contributed by atoms with van der Waals surface area (Å²) in [6.07, 6.45) is 1.66. The highest BCUT2D eigenvalue weighted by molar-refractivity contribution is 9.09. The van der Waals surface area contributed by atoms with Gasteiger partial charge in [0.2, 0.25) is 0 Å². The summed E-state index contributed by atoms with van der Waals surface area (Å²) in [5, 5.41) is 3.87. The summed E-state index contributed by atoms with van der Waals surface area (Å²) in [4.78, 5) is 0. The van der Waals surface area contributed by atoms with Gasteiger partial charge in [0.25, 0.3) is 0 Å². The van der Waals surface area contributed by atoms with E-state index in [4.69, 9.17) is 4.42 Å². The van der Waals surface area contributed by atoms with Gasteiger partial charge in [0.1, 0.15) is 5.76 Å². The minimum Gasteiger partial charge on any atom is -0.467 e. The molecule has 0 aliphatic carbocycles. The van der Waals surface area contributed by atoms with E-state index < -0.39 is 0 Å². The van der Waals surface area contributed by atoms with Crippen LogP contribution in [0.1, 0.15) is 5.76 Å². The summed E-state index contributed by atoms with van der Waals surface area (Å²) in [5.41, 5.74) is 0.960. The summed E-state index contributed by atoms with van der Waals surface area (Å²) in [5.74, 6) is 0.923. The molecular formula is C8H10BrNO. The third-order valence-electron chi connectivity index (χ3n) is 1.25. The van der Waals surface area contributed by atoms with Gasteiger partial charge in [0.05, 0.1) is 12.8 Å². The van der Waals surface area contributed by atoms with Crippen LogP contribution in [0.4, 0.5) is 0 Å². The Morgan fingerprint density at radius 1 is 1.73 bits per heavy atom. The second-order valence-electron chi connectivity index (χ2n) is 2.17. The van der Waals surface area contributed by atoms with Crippen LogP contribution in [0.2, 0.25) is 0 Å². The minimum atomic E-state index is 0.706. The van der Waals surface area contributed by atoms with E-state index >= 15 is 0 Å². The van der Waals surface area contributed by atoms with Crippen LogP contribution in [0.3, 0.4) is 0 Å². The molecule has 0 aliphatic heterocycles. The van der Waals surface area contributed by atoms with Crippen LogP contribution in [-0.4, -0.2) is 5.33 Å². The summed E-state index contributed by atoms with van der Waals surface area (Å²) in [6.45, 7) is 4.48.